The summed E-state index contributed by atoms with van der Waals surface area (Å²) in [5.74, 6) is -0.808. The molecule has 0 unspecified atom stereocenters. The smallest absolute Gasteiger partial charge is 0.235 e. The van der Waals surface area contributed by atoms with Crippen LogP contribution in [0.5, 0.6) is 0 Å². The molecule has 4 nitrogen and oxygen atoms in total. The van der Waals surface area contributed by atoms with Crippen molar-refractivity contribution in [2.75, 3.05) is 11.1 Å². The second-order valence-corrected chi connectivity index (χ2v) is 5.94. The van der Waals surface area contributed by atoms with E-state index in [1.807, 2.05) is 0 Å². The molecule has 1 atom stereocenters. The Morgan fingerprint density at radius 1 is 1.33 bits per heavy atom. The molecule has 0 bridgehead atoms. The van der Waals surface area contributed by atoms with Gasteiger partial charge in [0.2, 0.25) is 5.91 Å². The predicted octanol–water partition coefficient (Wildman–Crippen LogP) is 2.78. The van der Waals surface area contributed by atoms with Crippen molar-refractivity contribution in [1.82, 2.24) is 9.78 Å². The predicted molar refractivity (Wildman–Crippen MR) is 77.2 cm³/mol. The van der Waals surface area contributed by atoms with E-state index < -0.39 is 16.9 Å². The average molecular weight is 309 g/mol. The van der Waals surface area contributed by atoms with Gasteiger partial charge in [0, 0.05) is 18.2 Å². The van der Waals surface area contributed by atoms with Crippen LogP contribution in [0.2, 0.25) is 0 Å². The summed E-state index contributed by atoms with van der Waals surface area (Å²) in [4.78, 5) is 11.8. The zero-order valence-electron chi connectivity index (χ0n) is 11.5. The SMILES string of the molecule is Cc1nn(C)c2c1[C@@H](c1c(F)cccc1F)SCC(=O)N2. The highest BCUT2D eigenvalue weighted by molar-refractivity contribution is 8.00. The van der Waals surface area contributed by atoms with E-state index in [9.17, 15) is 13.6 Å². The summed E-state index contributed by atoms with van der Waals surface area (Å²) < 4.78 is 29.8. The van der Waals surface area contributed by atoms with Gasteiger partial charge < -0.3 is 5.32 Å². The molecule has 0 aliphatic carbocycles. The summed E-state index contributed by atoms with van der Waals surface area (Å²) in [6, 6.07) is 3.78. The van der Waals surface area contributed by atoms with Crippen molar-refractivity contribution in [1.29, 1.82) is 0 Å². The van der Waals surface area contributed by atoms with Gasteiger partial charge in [-0.15, -0.1) is 11.8 Å². The van der Waals surface area contributed by atoms with Gasteiger partial charge in [0.15, 0.2) is 0 Å². The van der Waals surface area contributed by atoms with Crippen molar-refractivity contribution < 1.29 is 13.6 Å². The van der Waals surface area contributed by atoms with E-state index in [0.29, 0.717) is 17.1 Å². The Bertz CT molecular complexity index is 709. The number of halogens is 2. The first-order chi connectivity index (χ1) is 9.99. The topological polar surface area (TPSA) is 46.9 Å². The maximum Gasteiger partial charge on any atom is 0.235 e. The molecule has 2 heterocycles. The van der Waals surface area contributed by atoms with Crippen LogP contribution in [-0.2, 0) is 11.8 Å². The number of amides is 1. The van der Waals surface area contributed by atoms with E-state index in [1.54, 1.807) is 14.0 Å². The number of rotatable bonds is 1. The molecule has 1 aliphatic rings. The first-order valence-corrected chi connectivity index (χ1v) is 7.42. The van der Waals surface area contributed by atoms with Crippen LogP contribution < -0.4 is 5.32 Å². The number of benzene rings is 1. The third-order valence-electron chi connectivity index (χ3n) is 3.43. The van der Waals surface area contributed by atoms with E-state index in [2.05, 4.69) is 10.4 Å². The Balaban J connectivity index is 2.22. The highest BCUT2D eigenvalue weighted by Crippen LogP contribution is 2.44. The second kappa shape index (κ2) is 5.14. The molecule has 0 saturated heterocycles. The van der Waals surface area contributed by atoms with Crippen molar-refractivity contribution >= 4 is 23.5 Å². The quantitative estimate of drug-likeness (QED) is 0.881. The lowest BCUT2D eigenvalue weighted by atomic mass is 10.0. The molecule has 1 N–H and O–H groups in total. The van der Waals surface area contributed by atoms with Gasteiger partial charge in [-0.2, -0.15) is 5.10 Å². The summed E-state index contributed by atoms with van der Waals surface area (Å²) in [5, 5.41) is 6.39. The number of carbonyl (C=O) groups excluding carboxylic acids is 1. The number of hydrogen-bond donors (Lipinski definition) is 1. The molecular formula is C14H13F2N3OS. The number of nitrogens with one attached hydrogen (secondary N) is 1. The minimum Gasteiger partial charge on any atom is -0.310 e. The van der Waals surface area contributed by atoms with Gasteiger partial charge in [0.1, 0.15) is 17.5 Å². The number of thioether (sulfide) groups is 1. The summed E-state index contributed by atoms with van der Waals surface area (Å²) in [6.45, 7) is 1.77. The van der Waals surface area contributed by atoms with E-state index in [-0.39, 0.29) is 17.2 Å². The van der Waals surface area contributed by atoms with E-state index in [4.69, 9.17) is 0 Å². The third kappa shape index (κ3) is 2.31. The molecular weight excluding hydrogens is 296 g/mol. The van der Waals surface area contributed by atoms with Gasteiger partial charge in [-0.1, -0.05) is 6.07 Å². The minimum atomic E-state index is -0.615. The number of carbonyl (C=O) groups is 1. The number of aryl methyl sites for hydroxylation is 2. The third-order valence-corrected chi connectivity index (χ3v) is 4.67. The largest absolute Gasteiger partial charge is 0.310 e. The fourth-order valence-electron chi connectivity index (χ4n) is 2.54. The van der Waals surface area contributed by atoms with Gasteiger partial charge in [0.25, 0.3) is 0 Å². The lowest BCUT2D eigenvalue weighted by molar-refractivity contribution is -0.113. The zero-order valence-corrected chi connectivity index (χ0v) is 12.3. The average Bonchev–Trinajstić information content (AvgIpc) is 2.59. The number of hydrogen-bond acceptors (Lipinski definition) is 3. The lowest BCUT2D eigenvalue weighted by Gasteiger charge is -2.16. The van der Waals surface area contributed by atoms with E-state index in [1.165, 1.54) is 34.6 Å². The number of anilines is 1. The van der Waals surface area contributed by atoms with E-state index in [0.717, 1.165) is 0 Å². The molecule has 1 amide bonds. The summed E-state index contributed by atoms with van der Waals surface area (Å²) in [7, 11) is 1.69. The molecule has 1 aliphatic heterocycles. The first-order valence-electron chi connectivity index (χ1n) is 6.38. The van der Waals surface area contributed by atoms with Gasteiger partial charge in [-0.3, -0.25) is 9.48 Å². The number of fused-ring (bicyclic) bond motifs is 1. The molecule has 0 spiro atoms. The van der Waals surface area contributed by atoms with Gasteiger partial charge in [-0.05, 0) is 19.1 Å². The molecule has 110 valence electrons. The lowest BCUT2D eigenvalue weighted by Crippen LogP contribution is -2.15. The summed E-state index contributed by atoms with van der Waals surface area (Å²) >= 11 is 1.20. The van der Waals surface area contributed by atoms with Crippen LogP contribution in [0.1, 0.15) is 22.1 Å². The highest BCUT2D eigenvalue weighted by atomic mass is 32.2. The first kappa shape index (κ1) is 14.1. The van der Waals surface area contributed by atoms with Crippen LogP contribution in [0.4, 0.5) is 14.6 Å². The Kier molecular flexibility index (Phi) is 3.44. The van der Waals surface area contributed by atoms with E-state index >= 15 is 0 Å². The Hall–Kier alpha value is -1.89. The van der Waals surface area contributed by atoms with Crippen molar-refractivity contribution in [2.45, 2.75) is 12.2 Å². The normalized spacial score (nSPS) is 18.1. The molecule has 7 heteroatoms. The molecule has 21 heavy (non-hydrogen) atoms. The van der Waals surface area contributed by atoms with Crippen LogP contribution >= 0.6 is 11.8 Å². The molecule has 2 aromatic rings. The fourth-order valence-corrected chi connectivity index (χ4v) is 3.77. The fraction of sp³-hybridized carbons (Fsp3) is 0.286. The maximum atomic E-state index is 14.1. The zero-order chi connectivity index (χ0) is 15.1. The van der Waals surface area contributed by atoms with Crippen LogP contribution in [0.3, 0.4) is 0 Å². The van der Waals surface area contributed by atoms with Crippen molar-refractivity contribution in [3.8, 4) is 0 Å². The van der Waals surface area contributed by atoms with Crippen LogP contribution in [-0.4, -0.2) is 21.4 Å². The van der Waals surface area contributed by atoms with Crippen LogP contribution in [0, 0.1) is 18.6 Å². The Morgan fingerprint density at radius 3 is 2.67 bits per heavy atom. The van der Waals surface area contributed by atoms with Crippen molar-refractivity contribution in [3.63, 3.8) is 0 Å². The monoisotopic (exact) mass is 309 g/mol. The molecule has 3 rings (SSSR count). The van der Waals surface area contributed by atoms with Gasteiger partial charge >= 0.3 is 0 Å². The van der Waals surface area contributed by atoms with Crippen molar-refractivity contribution in [3.05, 3.63) is 46.7 Å². The minimum absolute atomic E-state index is 0.0312. The molecule has 1 aromatic heterocycles. The highest BCUT2D eigenvalue weighted by Gasteiger charge is 2.32. The Labute approximate surface area is 124 Å². The summed E-state index contributed by atoms with van der Waals surface area (Å²) in [6.07, 6.45) is 0. The molecule has 0 saturated carbocycles. The van der Waals surface area contributed by atoms with Gasteiger partial charge in [-0.25, -0.2) is 8.78 Å². The maximum absolute atomic E-state index is 14.1. The molecule has 0 fully saturated rings. The standard InChI is InChI=1S/C14H13F2N3OS/c1-7-11-13(12-8(15)4-3-5-9(12)16)21-6-10(20)17-14(11)19(2)18-7/h3-5,13H,6H2,1-2H3,(H,17,20)/t13-/m0/s1. The van der Waals surface area contributed by atoms with Crippen molar-refractivity contribution in [2.24, 2.45) is 7.05 Å². The van der Waals surface area contributed by atoms with Crippen LogP contribution in [0.25, 0.3) is 0 Å². The molecule has 1 aromatic carbocycles. The summed E-state index contributed by atoms with van der Waals surface area (Å²) in [5.41, 5.74) is 1.27. The second-order valence-electron chi connectivity index (χ2n) is 4.85. The van der Waals surface area contributed by atoms with Gasteiger partial charge in [0.05, 0.1) is 16.7 Å². The number of nitrogens with zero attached hydrogens (tertiary/aromatic N) is 2. The van der Waals surface area contributed by atoms with Crippen LogP contribution in [0.15, 0.2) is 18.2 Å². The number of aromatic nitrogens is 2. The Morgan fingerprint density at radius 2 is 2.00 bits per heavy atom. The molecule has 0 radical (unpaired) electrons.